The van der Waals surface area contributed by atoms with Gasteiger partial charge in [0.05, 0.1) is 6.54 Å². The van der Waals surface area contributed by atoms with Crippen LogP contribution in [0.4, 0.5) is 5.82 Å². The SMILES string of the molecule is CCc1noc(CN(C)c2nc(-c3ccccn3)nc3c2CCC3)n1. The standard InChI is InChI=1S/C18H20N6O/c1-3-15-21-16(25-23-15)11-24(2)18-12-7-6-9-13(12)20-17(22-18)14-8-4-5-10-19-14/h4-5,8,10H,3,6-7,9,11H2,1-2H3. The average Bonchev–Trinajstić information content (AvgIpc) is 3.30. The van der Waals surface area contributed by atoms with Gasteiger partial charge in [-0.25, -0.2) is 9.97 Å². The summed E-state index contributed by atoms with van der Waals surface area (Å²) in [6, 6.07) is 5.78. The lowest BCUT2D eigenvalue weighted by molar-refractivity contribution is 0.373. The number of nitrogens with zero attached hydrogens (tertiary/aromatic N) is 6. The second kappa shape index (κ2) is 6.58. The number of aromatic nitrogens is 5. The number of hydrogen-bond donors (Lipinski definition) is 0. The van der Waals surface area contributed by atoms with E-state index in [1.54, 1.807) is 6.20 Å². The lowest BCUT2D eigenvalue weighted by Gasteiger charge is -2.20. The van der Waals surface area contributed by atoms with Gasteiger partial charge in [0, 0.05) is 30.9 Å². The molecule has 1 aliphatic rings. The Morgan fingerprint density at radius 2 is 2.08 bits per heavy atom. The summed E-state index contributed by atoms with van der Waals surface area (Å²) in [6.45, 7) is 2.53. The van der Waals surface area contributed by atoms with Crippen LogP contribution in [0.2, 0.25) is 0 Å². The molecule has 0 unspecified atom stereocenters. The largest absolute Gasteiger partial charge is 0.350 e. The minimum atomic E-state index is 0.526. The fraction of sp³-hybridized carbons (Fsp3) is 0.389. The van der Waals surface area contributed by atoms with Gasteiger partial charge < -0.3 is 9.42 Å². The lowest BCUT2D eigenvalue weighted by Crippen LogP contribution is -2.20. The van der Waals surface area contributed by atoms with Crippen molar-refractivity contribution in [1.82, 2.24) is 25.1 Å². The van der Waals surface area contributed by atoms with Gasteiger partial charge in [-0.2, -0.15) is 4.98 Å². The monoisotopic (exact) mass is 336 g/mol. The van der Waals surface area contributed by atoms with Crippen molar-refractivity contribution >= 4 is 5.82 Å². The Bertz CT molecular complexity index is 877. The van der Waals surface area contributed by atoms with E-state index in [0.29, 0.717) is 18.3 Å². The Labute approximate surface area is 146 Å². The highest BCUT2D eigenvalue weighted by atomic mass is 16.5. The van der Waals surface area contributed by atoms with E-state index in [-0.39, 0.29) is 0 Å². The highest BCUT2D eigenvalue weighted by molar-refractivity contribution is 5.58. The van der Waals surface area contributed by atoms with Crippen molar-refractivity contribution in [2.24, 2.45) is 0 Å². The molecule has 128 valence electrons. The van der Waals surface area contributed by atoms with E-state index in [1.807, 2.05) is 32.2 Å². The highest BCUT2D eigenvalue weighted by Crippen LogP contribution is 2.31. The zero-order valence-corrected chi connectivity index (χ0v) is 14.4. The minimum absolute atomic E-state index is 0.526. The third-order valence-corrected chi connectivity index (χ3v) is 4.37. The molecule has 0 amide bonds. The van der Waals surface area contributed by atoms with Crippen molar-refractivity contribution in [1.29, 1.82) is 0 Å². The first-order chi connectivity index (χ1) is 12.2. The van der Waals surface area contributed by atoms with Gasteiger partial charge in [0.25, 0.3) is 0 Å². The predicted molar refractivity (Wildman–Crippen MR) is 93.1 cm³/mol. The van der Waals surface area contributed by atoms with Crippen LogP contribution >= 0.6 is 0 Å². The summed E-state index contributed by atoms with van der Waals surface area (Å²) in [5, 5.41) is 3.96. The third kappa shape index (κ3) is 3.09. The van der Waals surface area contributed by atoms with Crippen LogP contribution in [0, 0.1) is 0 Å². The molecule has 0 fully saturated rings. The Morgan fingerprint density at radius 3 is 2.84 bits per heavy atom. The maximum Gasteiger partial charge on any atom is 0.246 e. The molecule has 0 spiro atoms. The van der Waals surface area contributed by atoms with Crippen LogP contribution in [0.15, 0.2) is 28.9 Å². The second-order valence-corrected chi connectivity index (χ2v) is 6.18. The summed E-state index contributed by atoms with van der Waals surface area (Å²) >= 11 is 0. The molecule has 3 heterocycles. The molecule has 0 aromatic carbocycles. The number of anilines is 1. The van der Waals surface area contributed by atoms with Gasteiger partial charge in [-0.15, -0.1) is 0 Å². The van der Waals surface area contributed by atoms with Crippen molar-refractivity contribution in [2.45, 2.75) is 39.2 Å². The molecule has 0 saturated carbocycles. The zero-order valence-electron chi connectivity index (χ0n) is 14.4. The molecule has 25 heavy (non-hydrogen) atoms. The fourth-order valence-electron chi connectivity index (χ4n) is 3.11. The number of aryl methyl sites for hydroxylation is 2. The Kier molecular flexibility index (Phi) is 4.13. The third-order valence-electron chi connectivity index (χ3n) is 4.37. The van der Waals surface area contributed by atoms with E-state index in [1.165, 1.54) is 5.56 Å². The van der Waals surface area contributed by atoms with Crippen LogP contribution in [0.3, 0.4) is 0 Å². The van der Waals surface area contributed by atoms with E-state index in [4.69, 9.17) is 14.5 Å². The molecule has 0 saturated heterocycles. The van der Waals surface area contributed by atoms with Crippen LogP contribution in [0.25, 0.3) is 11.5 Å². The Hall–Kier alpha value is -2.83. The number of fused-ring (bicyclic) bond motifs is 1. The molecule has 7 heteroatoms. The van der Waals surface area contributed by atoms with E-state index in [9.17, 15) is 0 Å². The van der Waals surface area contributed by atoms with Gasteiger partial charge in [-0.05, 0) is 31.4 Å². The smallest absolute Gasteiger partial charge is 0.246 e. The normalized spacial score (nSPS) is 13.0. The molecule has 0 aliphatic heterocycles. The van der Waals surface area contributed by atoms with Gasteiger partial charge in [0.15, 0.2) is 11.6 Å². The number of pyridine rings is 1. The number of hydrogen-bond acceptors (Lipinski definition) is 7. The molecule has 1 aliphatic carbocycles. The minimum Gasteiger partial charge on any atom is -0.350 e. The van der Waals surface area contributed by atoms with Crippen molar-refractivity contribution in [3.63, 3.8) is 0 Å². The first-order valence-electron chi connectivity index (χ1n) is 8.58. The average molecular weight is 336 g/mol. The van der Waals surface area contributed by atoms with E-state index in [0.717, 1.165) is 48.7 Å². The number of rotatable bonds is 5. The summed E-state index contributed by atoms with van der Waals surface area (Å²) in [7, 11) is 2.00. The lowest BCUT2D eigenvalue weighted by atomic mass is 10.2. The predicted octanol–water partition coefficient (Wildman–Crippen LogP) is 2.61. The highest BCUT2D eigenvalue weighted by Gasteiger charge is 2.23. The summed E-state index contributed by atoms with van der Waals surface area (Å²) in [5.74, 6) is 2.93. The van der Waals surface area contributed by atoms with E-state index >= 15 is 0 Å². The van der Waals surface area contributed by atoms with Crippen LogP contribution in [-0.2, 0) is 25.8 Å². The summed E-state index contributed by atoms with van der Waals surface area (Å²) in [4.78, 5) is 20.4. The maximum absolute atomic E-state index is 5.32. The van der Waals surface area contributed by atoms with Crippen LogP contribution in [-0.4, -0.2) is 32.1 Å². The van der Waals surface area contributed by atoms with Crippen LogP contribution in [0.1, 0.15) is 36.3 Å². The van der Waals surface area contributed by atoms with E-state index < -0.39 is 0 Å². The van der Waals surface area contributed by atoms with Gasteiger partial charge >= 0.3 is 0 Å². The molecule has 3 aromatic rings. The first kappa shape index (κ1) is 15.7. The van der Waals surface area contributed by atoms with Crippen LogP contribution < -0.4 is 4.90 Å². The maximum atomic E-state index is 5.32. The Balaban J connectivity index is 1.69. The molecular weight excluding hydrogens is 316 g/mol. The molecular formula is C18H20N6O. The van der Waals surface area contributed by atoms with E-state index in [2.05, 4.69) is 20.0 Å². The summed E-state index contributed by atoms with van der Waals surface area (Å²) in [5.41, 5.74) is 3.13. The molecule has 0 radical (unpaired) electrons. The second-order valence-electron chi connectivity index (χ2n) is 6.18. The zero-order chi connectivity index (χ0) is 17.2. The van der Waals surface area contributed by atoms with Gasteiger partial charge in [-0.1, -0.05) is 18.1 Å². The molecule has 0 atom stereocenters. The fourth-order valence-corrected chi connectivity index (χ4v) is 3.11. The summed E-state index contributed by atoms with van der Waals surface area (Å²) in [6.07, 6.45) is 5.62. The van der Waals surface area contributed by atoms with Crippen molar-refractivity contribution in [2.75, 3.05) is 11.9 Å². The molecule has 7 nitrogen and oxygen atoms in total. The van der Waals surface area contributed by atoms with Crippen molar-refractivity contribution in [3.8, 4) is 11.5 Å². The van der Waals surface area contributed by atoms with Crippen LogP contribution in [0.5, 0.6) is 0 Å². The molecule has 0 bridgehead atoms. The van der Waals surface area contributed by atoms with Gasteiger partial charge in [-0.3, -0.25) is 4.98 Å². The van der Waals surface area contributed by atoms with Gasteiger partial charge in [0.2, 0.25) is 5.89 Å². The molecule has 4 rings (SSSR count). The van der Waals surface area contributed by atoms with Crippen molar-refractivity contribution in [3.05, 3.63) is 47.4 Å². The Morgan fingerprint density at radius 1 is 1.16 bits per heavy atom. The summed E-state index contributed by atoms with van der Waals surface area (Å²) < 4.78 is 5.32. The molecule has 0 N–H and O–H groups in total. The topological polar surface area (TPSA) is 80.8 Å². The van der Waals surface area contributed by atoms with Gasteiger partial charge in [0.1, 0.15) is 11.5 Å². The first-order valence-corrected chi connectivity index (χ1v) is 8.58. The quantitative estimate of drug-likeness (QED) is 0.708. The van der Waals surface area contributed by atoms with Crippen molar-refractivity contribution < 1.29 is 4.52 Å². The molecule has 3 aromatic heterocycles.